The van der Waals surface area contributed by atoms with E-state index in [-0.39, 0.29) is 11.3 Å². The summed E-state index contributed by atoms with van der Waals surface area (Å²) in [6.07, 6.45) is -4.51. The van der Waals surface area contributed by atoms with E-state index in [0.29, 0.717) is 5.75 Å². The van der Waals surface area contributed by atoms with Crippen LogP contribution < -0.4 is 10.5 Å². The van der Waals surface area contributed by atoms with E-state index in [2.05, 4.69) is 0 Å². The summed E-state index contributed by atoms with van der Waals surface area (Å²) >= 11 is 0. The summed E-state index contributed by atoms with van der Waals surface area (Å²) in [5.74, 6) is 3.57. The lowest BCUT2D eigenvalue weighted by Gasteiger charge is -2.02. The minimum absolute atomic E-state index is 0.133. The molecule has 0 atom stereocenters. The van der Waals surface area contributed by atoms with E-state index in [0.717, 1.165) is 5.92 Å². The molecule has 80 valence electrons. The fraction of sp³-hybridized carbons (Fsp3) is 0.200. The van der Waals surface area contributed by atoms with Crippen molar-refractivity contribution in [2.24, 2.45) is 0 Å². The molecule has 0 radical (unpaired) electrons. The molecule has 0 saturated carbocycles. The Morgan fingerprint density at radius 2 is 2.00 bits per heavy atom. The molecular formula is C10H8F3NO. The zero-order valence-electron chi connectivity index (χ0n) is 7.85. The molecule has 1 aromatic rings. The highest BCUT2D eigenvalue weighted by Crippen LogP contribution is 2.19. The van der Waals surface area contributed by atoms with Crippen LogP contribution in [0.15, 0.2) is 18.2 Å². The monoisotopic (exact) mass is 215 g/mol. The van der Waals surface area contributed by atoms with Crippen LogP contribution in [0.5, 0.6) is 5.75 Å². The first kappa shape index (κ1) is 11.2. The Bertz CT molecular complexity index is 415. The van der Waals surface area contributed by atoms with Crippen LogP contribution in [0.4, 0.5) is 18.9 Å². The lowest BCUT2D eigenvalue weighted by Crippen LogP contribution is -2.02. The van der Waals surface area contributed by atoms with Crippen molar-refractivity contribution in [3.8, 4) is 17.6 Å². The summed E-state index contributed by atoms with van der Waals surface area (Å²) in [7, 11) is 1.44. The second kappa shape index (κ2) is 4.13. The van der Waals surface area contributed by atoms with E-state index in [1.165, 1.54) is 25.3 Å². The lowest BCUT2D eigenvalue weighted by molar-refractivity contribution is -0.0696. The van der Waals surface area contributed by atoms with Gasteiger partial charge in [0.2, 0.25) is 0 Å². The van der Waals surface area contributed by atoms with Gasteiger partial charge in [-0.1, -0.05) is 5.92 Å². The fourth-order valence-electron chi connectivity index (χ4n) is 0.920. The molecular weight excluding hydrogens is 207 g/mol. The van der Waals surface area contributed by atoms with Crippen molar-refractivity contribution in [3.63, 3.8) is 0 Å². The quantitative estimate of drug-likeness (QED) is 0.575. The summed E-state index contributed by atoms with van der Waals surface area (Å²) in [5.41, 5.74) is 5.77. The first-order chi connectivity index (χ1) is 6.92. The fourth-order valence-corrected chi connectivity index (χ4v) is 0.920. The Morgan fingerprint density at radius 3 is 2.47 bits per heavy atom. The summed E-state index contributed by atoms with van der Waals surface area (Å²) in [5, 5.41) is 0. The van der Waals surface area contributed by atoms with Crippen molar-refractivity contribution in [2.45, 2.75) is 6.18 Å². The maximum atomic E-state index is 11.8. The van der Waals surface area contributed by atoms with E-state index in [4.69, 9.17) is 10.5 Å². The number of rotatable bonds is 1. The largest absolute Gasteiger partial charge is 0.497 e. The van der Waals surface area contributed by atoms with E-state index in [1.54, 1.807) is 0 Å². The van der Waals surface area contributed by atoms with Gasteiger partial charge >= 0.3 is 6.18 Å². The number of nitrogen functional groups attached to an aromatic ring is 1. The molecule has 2 nitrogen and oxygen atoms in total. The first-order valence-corrected chi connectivity index (χ1v) is 3.96. The smallest absolute Gasteiger partial charge is 0.458 e. The zero-order valence-corrected chi connectivity index (χ0v) is 7.85. The molecule has 0 aliphatic carbocycles. The van der Waals surface area contributed by atoms with E-state index >= 15 is 0 Å². The van der Waals surface area contributed by atoms with E-state index in [9.17, 15) is 13.2 Å². The molecule has 2 N–H and O–H groups in total. The zero-order chi connectivity index (χ0) is 11.5. The molecule has 0 heterocycles. The van der Waals surface area contributed by atoms with Crippen LogP contribution in [0.2, 0.25) is 0 Å². The second-order valence-corrected chi connectivity index (χ2v) is 2.70. The third-order valence-corrected chi connectivity index (χ3v) is 1.60. The normalized spacial score (nSPS) is 10.4. The standard InChI is InChI=1S/C10H8F3NO/c1-15-8-3-2-7(9(14)6-8)4-5-10(11,12)13/h2-3,6H,14H2,1H3. The highest BCUT2D eigenvalue weighted by molar-refractivity contribution is 5.58. The van der Waals surface area contributed by atoms with Crippen molar-refractivity contribution in [3.05, 3.63) is 23.8 Å². The van der Waals surface area contributed by atoms with E-state index < -0.39 is 6.18 Å². The van der Waals surface area contributed by atoms with Crippen molar-refractivity contribution in [1.82, 2.24) is 0 Å². The minimum atomic E-state index is -4.51. The van der Waals surface area contributed by atoms with Gasteiger partial charge in [-0.25, -0.2) is 0 Å². The average Bonchev–Trinajstić information content (AvgIpc) is 2.14. The van der Waals surface area contributed by atoms with Crippen molar-refractivity contribution in [2.75, 3.05) is 12.8 Å². The maximum Gasteiger partial charge on any atom is 0.458 e. The third-order valence-electron chi connectivity index (χ3n) is 1.60. The van der Waals surface area contributed by atoms with Crippen LogP contribution in [0.3, 0.4) is 0 Å². The topological polar surface area (TPSA) is 35.2 Å². The number of anilines is 1. The van der Waals surface area contributed by atoms with Gasteiger partial charge in [0.1, 0.15) is 5.75 Å². The molecule has 1 rings (SSSR count). The van der Waals surface area contributed by atoms with Crippen molar-refractivity contribution < 1.29 is 17.9 Å². The van der Waals surface area contributed by atoms with Crippen LogP contribution in [-0.2, 0) is 0 Å². The van der Waals surface area contributed by atoms with Crippen LogP contribution in [0.25, 0.3) is 0 Å². The Balaban J connectivity index is 3.01. The highest BCUT2D eigenvalue weighted by atomic mass is 19.4. The first-order valence-electron chi connectivity index (χ1n) is 3.96. The Labute approximate surface area is 84.8 Å². The molecule has 15 heavy (non-hydrogen) atoms. The Hall–Kier alpha value is -1.83. The van der Waals surface area contributed by atoms with Crippen LogP contribution in [0, 0.1) is 11.8 Å². The summed E-state index contributed by atoms with van der Waals surface area (Å²) < 4.78 is 40.2. The van der Waals surface area contributed by atoms with Gasteiger partial charge in [0.25, 0.3) is 0 Å². The molecule has 0 amide bonds. The number of nitrogens with two attached hydrogens (primary N) is 1. The number of hydrogen-bond donors (Lipinski definition) is 1. The number of halogens is 3. The van der Waals surface area contributed by atoms with Gasteiger partial charge in [-0.05, 0) is 12.1 Å². The molecule has 0 spiro atoms. The van der Waals surface area contributed by atoms with Gasteiger partial charge in [0.05, 0.1) is 12.8 Å². The molecule has 0 unspecified atom stereocenters. The van der Waals surface area contributed by atoms with Crippen molar-refractivity contribution >= 4 is 5.69 Å². The van der Waals surface area contributed by atoms with Crippen LogP contribution in [-0.4, -0.2) is 13.3 Å². The number of alkyl halides is 3. The minimum Gasteiger partial charge on any atom is -0.497 e. The Kier molecular flexibility index (Phi) is 3.10. The van der Waals surface area contributed by atoms with Gasteiger partial charge in [-0.15, -0.1) is 0 Å². The van der Waals surface area contributed by atoms with Gasteiger partial charge < -0.3 is 10.5 Å². The van der Waals surface area contributed by atoms with Crippen LogP contribution in [0.1, 0.15) is 5.56 Å². The summed E-state index contributed by atoms with van der Waals surface area (Å²) in [4.78, 5) is 0. The molecule has 0 aliphatic rings. The molecule has 0 aromatic heterocycles. The summed E-state index contributed by atoms with van der Waals surface area (Å²) in [6, 6.07) is 4.30. The Morgan fingerprint density at radius 1 is 1.33 bits per heavy atom. The van der Waals surface area contributed by atoms with Gasteiger partial charge in [-0.2, -0.15) is 13.2 Å². The molecule has 1 aromatic carbocycles. The SMILES string of the molecule is COc1ccc(C#CC(F)(F)F)c(N)c1. The number of ether oxygens (including phenoxy) is 1. The molecule has 0 aliphatic heterocycles. The van der Waals surface area contributed by atoms with Gasteiger partial charge in [0, 0.05) is 17.6 Å². The predicted octanol–water partition coefficient (Wildman–Crippen LogP) is 2.19. The number of benzene rings is 1. The second-order valence-electron chi connectivity index (χ2n) is 2.70. The predicted molar refractivity (Wildman–Crippen MR) is 50.3 cm³/mol. The number of hydrogen-bond acceptors (Lipinski definition) is 2. The van der Waals surface area contributed by atoms with Gasteiger partial charge in [0.15, 0.2) is 0 Å². The summed E-state index contributed by atoms with van der Waals surface area (Å²) in [6.45, 7) is 0. The maximum absolute atomic E-state index is 11.8. The lowest BCUT2D eigenvalue weighted by atomic mass is 10.2. The third kappa shape index (κ3) is 3.43. The van der Waals surface area contributed by atoms with E-state index in [1.807, 2.05) is 5.92 Å². The van der Waals surface area contributed by atoms with Gasteiger partial charge in [-0.3, -0.25) is 0 Å². The molecule has 0 fully saturated rings. The number of methoxy groups -OCH3 is 1. The highest BCUT2D eigenvalue weighted by Gasteiger charge is 2.23. The van der Waals surface area contributed by atoms with Crippen LogP contribution >= 0.6 is 0 Å². The molecule has 5 heteroatoms. The molecule has 0 saturated heterocycles. The van der Waals surface area contributed by atoms with Crippen molar-refractivity contribution in [1.29, 1.82) is 0 Å². The average molecular weight is 215 g/mol. The molecule has 0 bridgehead atoms.